The third-order valence-corrected chi connectivity index (χ3v) is 7.50. The molecule has 2 aromatic carbocycles. The lowest BCUT2D eigenvalue weighted by Gasteiger charge is -2.23. The van der Waals surface area contributed by atoms with Gasteiger partial charge in [0.25, 0.3) is 0 Å². The fraction of sp³-hybridized carbons (Fsp3) is 0.235. The van der Waals surface area contributed by atoms with Crippen LogP contribution in [-0.2, 0) is 14.8 Å². The lowest BCUT2D eigenvalue weighted by atomic mass is 10.2. The minimum atomic E-state index is -3.77. The second-order valence-electron chi connectivity index (χ2n) is 5.85. The van der Waals surface area contributed by atoms with Crippen molar-refractivity contribution < 1.29 is 13.2 Å². The maximum Gasteiger partial charge on any atom is 0.243 e. The molecule has 1 heterocycles. The molecule has 0 radical (unpaired) electrons. The number of hydrogen-bond acceptors (Lipinski definition) is 3. The van der Waals surface area contributed by atoms with E-state index in [4.69, 9.17) is 23.2 Å². The maximum absolute atomic E-state index is 12.9. The first kappa shape index (κ1) is 19.6. The molecule has 0 unspecified atom stereocenters. The van der Waals surface area contributed by atoms with Crippen LogP contribution in [0.3, 0.4) is 0 Å². The van der Waals surface area contributed by atoms with Crippen LogP contribution in [0, 0.1) is 0 Å². The van der Waals surface area contributed by atoms with Gasteiger partial charge >= 0.3 is 0 Å². The fourth-order valence-corrected chi connectivity index (χ4v) is 5.11. The Morgan fingerprint density at radius 2 is 1.85 bits per heavy atom. The normalized spacial score (nSPS) is 18.0. The number of anilines is 1. The number of benzene rings is 2. The Bertz CT molecular complexity index is 936. The molecule has 138 valence electrons. The van der Waals surface area contributed by atoms with E-state index < -0.39 is 16.1 Å². The van der Waals surface area contributed by atoms with Crippen molar-refractivity contribution in [2.75, 3.05) is 11.9 Å². The van der Waals surface area contributed by atoms with Crippen molar-refractivity contribution in [1.82, 2.24) is 4.31 Å². The Kier molecular flexibility index (Phi) is 5.94. The van der Waals surface area contributed by atoms with Gasteiger partial charge in [-0.2, -0.15) is 4.31 Å². The molecule has 9 heteroatoms. The molecule has 1 aliphatic rings. The molecule has 1 saturated heterocycles. The lowest BCUT2D eigenvalue weighted by molar-refractivity contribution is -0.119. The number of nitrogens with zero attached hydrogens (tertiary/aromatic N) is 1. The number of carbonyl (C=O) groups excluding carboxylic acids is 1. The van der Waals surface area contributed by atoms with Crippen molar-refractivity contribution in [3.8, 4) is 0 Å². The number of hydrogen-bond donors (Lipinski definition) is 1. The number of rotatable bonds is 4. The van der Waals surface area contributed by atoms with E-state index in [1.807, 2.05) is 0 Å². The fourth-order valence-electron chi connectivity index (χ4n) is 2.83. The minimum Gasteiger partial charge on any atom is -0.325 e. The van der Waals surface area contributed by atoms with Crippen LogP contribution in [0.15, 0.2) is 51.8 Å². The van der Waals surface area contributed by atoms with E-state index in [9.17, 15) is 13.2 Å². The van der Waals surface area contributed by atoms with Crippen molar-refractivity contribution in [3.05, 3.63) is 57.0 Å². The van der Waals surface area contributed by atoms with Crippen LogP contribution in [0.2, 0.25) is 10.0 Å². The summed E-state index contributed by atoms with van der Waals surface area (Å²) in [5.41, 5.74) is 0.544. The highest BCUT2D eigenvalue weighted by atomic mass is 79.9. The molecule has 2 aromatic rings. The SMILES string of the molecule is O=C(Nc1ccc(Cl)c(Br)c1)[C@@H]1CCCN1S(=O)(=O)c1ccc(Cl)cc1. The van der Waals surface area contributed by atoms with Gasteiger partial charge in [0.1, 0.15) is 6.04 Å². The molecule has 0 aliphatic carbocycles. The molecule has 0 saturated carbocycles. The Balaban J connectivity index is 1.81. The molecule has 1 N–H and O–H groups in total. The van der Waals surface area contributed by atoms with Crippen LogP contribution in [0.5, 0.6) is 0 Å². The summed E-state index contributed by atoms with van der Waals surface area (Å²) in [4.78, 5) is 12.8. The Morgan fingerprint density at radius 1 is 1.15 bits per heavy atom. The number of nitrogens with one attached hydrogen (secondary N) is 1. The third-order valence-electron chi connectivity index (χ3n) is 4.11. The zero-order valence-electron chi connectivity index (χ0n) is 13.5. The smallest absolute Gasteiger partial charge is 0.243 e. The van der Waals surface area contributed by atoms with Gasteiger partial charge in [-0.3, -0.25) is 4.79 Å². The molecule has 5 nitrogen and oxygen atoms in total. The highest BCUT2D eigenvalue weighted by molar-refractivity contribution is 9.10. The molecule has 1 aliphatic heterocycles. The van der Waals surface area contributed by atoms with E-state index in [-0.39, 0.29) is 10.8 Å². The van der Waals surface area contributed by atoms with Crippen molar-refractivity contribution in [2.24, 2.45) is 0 Å². The van der Waals surface area contributed by atoms with Gasteiger partial charge in [-0.15, -0.1) is 0 Å². The van der Waals surface area contributed by atoms with E-state index in [1.165, 1.54) is 28.6 Å². The molecular weight excluding hydrogens is 463 g/mol. The van der Waals surface area contributed by atoms with Crippen LogP contribution < -0.4 is 5.32 Å². The monoisotopic (exact) mass is 476 g/mol. The summed E-state index contributed by atoms with van der Waals surface area (Å²) in [5, 5.41) is 3.74. The first-order valence-electron chi connectivity index (χ1n) is 7.82. The van der Waals surface area contributed by atoms with Gasteiger partial charge in [0.05, 0.1) is 9.92 Å². The zero-order valence-corrected chi connectivity index (χ0v) is 17.4. The molecule has 26 heavy (non-hydrogen) atoms. The topological polar surface area (TPSA) is 66.5 Å². The highest BCUT2D eigenvalue weighted by Crippen LogP contribution is 2.29. The first-order valence-corrected chi connectivity index (χ1v) is 10.8. The van der Waals surface area contributed by atoms with Crippen molar-refractivity contribution in [1.29, 1.82) is 0 Å². The maximum atomic E-state index is 12.9. The predicted octanol–water partition coefficient (Wildman–Crippen LogP) is 4.55. The minimum absolute atomic E-state index is 0.121. The predicted molar refractivity (Wildman–Crippen MR) is 106 cm³/mol. The number of amides is 1. The van der Waals surface area contributed by atoms with E-state index in [2.05, 4.69) is 21.2 Å². The average Bonchev–Trinajstić information content (AvgIpc) is 3.09. The molecule has 0 aromatic heterocycles. The number of carbonyl (C=O) groups is 1. The second-order valence-corrected chi connectivity index (χ2v) is 9.43. The van der Waals surface area contributed by atoms with Gasteiger partial charge in [0.15, 0.2) is 0 Å². The summed E-state index contributed by atoms with van der Waals surface area (Å²) in [6, 6.07) is 10.2. The Hall–Kier alpha value is -1.12. The van der Waals surface area contributed by atoms with Gasteiger partial charge in [0.2, 0.25) is 15.9 Å². The van der Waals surface area contributed by atoms with E-state index in [0.717, 1.165) is 0 Å². The summed E-state index contributed by atoms with van der Waals surface area (Å²) in [6.07, 6.45) is 1.09. The molecule has 0 bridgehead atoms. The van der Waals surface area contributed by atoms with Gasteiger partial charge in [-0.05, 0) is 71.2 Å². The number of halogens is 3. The summed E-state index contributed by atoms with van der Waals surface area (Å²) in [6.45, 7) is 0.299. The molecule has 1 atom stereocenters. The van der Waals surface area contributed by atoms with Crippen LogP contribution in [-0.4, -0.2) is 31.2 Å². The summed E-state index contributed by atoms with van der Waals surface area (Å²) < 4.78 is 27.7. The van der Waals surface area contributed by atoms with E-state index >= 15 is 0 Å². The van der Waals surface area contributed by atoms with Crippen molar-refractivity contribution in [3.63, 3.8) is 0 Å². The van der Waals surface area contributed by atoms with Gasteiger partial charge < -0.3 is 5.32 Å². The van der Waals surface area contributed by atoms with Gasteiger partial charge in [-0.1, -0.05) is 23.2 Å². The van der Waals surface area contributed by atoms with Crippen LogP contribution in [0.4, 0.5) is 5.69 Å². The highest BCUT2D eigenvalue weighted by Gasteiger charge is 2.39. The average molecular weight is 478 g/mol. The van der Waals surface area contributed by atoms with Crippen molar-refractivity contribution in [2.45, 2.75) is 23.8 Å². The van der Waals surface area contributed by atoms with Crippen LogP contribution in [0.1, 0.15) is 12.8 Å². The standard InChI is InChI=1S/C17H15BrCl2N2O3S/c18-14-10-12(5-8-15(14)20)21-17(23)16-2-1-9-22(16)26(24,25)13-6-3-11(19)4-7-13/h3-8,10,16H,1-2,9H2,(H,21,23)/t16-/m0/s1. The molecule has 3 rings (SSSR count). The van der Waals surface area contributed by atoms with E-state index in [0.29, 0.717) is 39.6 Å². The third kappa shape index (κ3) is 4.07. The van der Waals surface area contributed by atoms with Gasteiger partial charge in [-0.25, -0.2) is 8.42 Å². The largest absolute Gasteiger partial charge is 0.325 e. The summed E-state index contributed by atoms with van der Waals surface area (Å²) in [7, 11) is -3.77. The number of sulfonamides is 1. The Morgan fingerprint density at radius 3 is 2.50 bits per heavy atom. The van der Waals surface area contributed by atoms with Crippen LogP contribution in [0.25, 0.3) is 0 Å². The quantitative estimate of drug-likeness (QED) is 0.702. The molecule has 1 fully saturated rings. The summed E-state index contributed by atoms with van der Waals surface area (Å²) >= 11 is 15.1. The molecule has 0 spiro atoms. The second kappa shape index (κ2) is 7.86. The van der Waals surface area contributed by atoms with Crippen LogP contribution >= 0.6 is 39.1 Å². The molecule has 1 amide bonds. The lowest BCUT2D eigenvalue weighted by Crippen LogP contribution is -2.43. The van der Waals surface area contributed by atoms with E-state index in [1.54, 1.807) is 18.2 Å². The summed E-state index contributed by atoms with van der Waals surface area (Å²) in [5.74, 6) is -0.366. The Labute approximate surface area is 170 Å². The first-order chi connectivity index (χ1) is 12.3. The van der Waals surface area contributed by atoms with Crippen molar-refractivity contribution >= 4 is 60.7 Å². The zero-order chi connectivity index (χ0) is 18.9. The van der Waals surface area contributed by atoms with Gasteiger partial charge in [0, 0.05) is 21.7 Å². The molecular formula is C17H15BrCl2N2O3S.